The molecule has 2 aliphatic carbocycles. The highest BCUT2D eigenvalue weighted by Crippen LogP contribution is 2.50. The summed E-state index contributed by atoms with van der Waals surface area (Å²) >= 11 is 6.35. The Bertz CT molecular complexity index is 1460. The standard InChI is InChI=1S/C24H21ClF3N5O3/c25-16-2-1-7-29-21(16)33-10-15(22(35)31-19(12-3-4-12)24(26,27)28)18(34)14-5-6-17(30-20(14)33)32-9-13-8-23(13,36)11-32/h1-2,5-7,10,12-13,19,36H,3-4,8-9,11H2,(H,31,35). The minimum absolute atomic E-state index is 0.0335. The normalized spacial score (nSPS) is 24.0. The number of halogens is 4. The van der Waals surface area contributed by atoms with Crippen molar-refractivity contribution in [3.8, 4) is 5.82 Å². The second-order valence-electron chi connectivity index (χ2n) is 9.81. The zero-order valence-corrected chi connectivity index (χ0v) is 19.6. The van der Waals surface area contributed by atoms with Gasteiger partial charge in [0.1, 0.15) is 17.4 Å². The van der Waals surface area contributed by atoms with Gasteiger partial charge in [0.15, 0.2) is 11.5 Å². The number of pyridine rings is 3. The lowest BCUT2D eigenvalue weighted by atomic mass is 10.1. The number of carbonyl (C=O) groups is 1. The molecule has 4 heterocycles. The quantitative estimate of drug-likeness (QED) is 0.537. The van der Waals surface area contributed by atoms with Crippen molar-refractivity contribution in [3.63, 3.8) is 0 Å². The van der Waals surface area contributed by atoms with E-state index < -0.39 is 40.6 Å². The molecule has 3 fully saturated rings. The van der Waals surface area contributed by atoms with Crippen LogP contribution in [-0.4, -0.2) is 56.5 Å². The minimum Gasteiger partial charge on any atom is -0.388 e. The van der Waals surface area contributed by atoms with E-state index in [1.54, 1.807) is 18.2 Å². The first-order chi connectivity index (χ1) is 17.0. The van der Waals surface area contributed by atoms with Crippen molar-refractivity contribution >= 4 is 34.4 Å². The smallest absolute Gasteiger partial charge is 0.388 e. The SMILES string of the molecule is O=C(NC(C1CC1)C(F)(F)F)c1cn(-c2ncccc2Cl)c2nc(N3CC4CC4(O)C3)ccc2c1=O. The molecule has 1 amide bonds. The summed E-state index contributed by atoms with van der Waals surface area (Å²) in [7, 11) is 0. The second kappa shape index (κ2) is 7.91. The lowest BCUT2D eigenvalue weighted by Crippen LogP contribution is -2.48. The molecule has 1 saturated heterocycles. The Morgan fingerprint density at radius 1 is 1.28 bits per heavy atom. The van der Waals surface area contributed by atoms with E-state index in [4.69, 9.17) is 11.6 Å². The Kier molecular flexibility index (Phi) is 5.10. The summed E-state index contributed by atoms with van der Waals surface area (Å²) in [5.41, 5.74) is -1.79. The molecular formula is C24H21ClF3N5O3. The fourth-order valence-electron chi connectivity index (χ4n) is 4.99. The van der Waals surface area contributed by atoms with Crippen molar-refractivity contribution in [2.75, 3.05) is 18.0 Å². The first-order valence-electron chi connectivity index (χ1n) is 11.6. The predicted octanol–water partition coefficient (Wildman–Crippen LogP) is 3.08. The summed E-state index contributed by atoms with van der Waals surface area (Å²) in [6.45, 7) is 1.02. The van der Waals surface area contributed by atoms with Crippen LogP contribution in [0.1, 0.15) is 29.6 Å². The van der Waals surface area contributed by atoms with Crippen LogP contribution in [0.25, 0.3) is 16.9 Å². The number of rotatable bonds is 5. The van der Waals surface area contributed by atoms with E-state index in [2.05, 4.69) is 9.97 Å². The van der Waals surface area contributed by atoms with Crippen LogP contribution in [0.15, 0.2) is 41.5 Å². The molecule has 36 heavy (non-hydrogen) atoms. The lowest BCUT2D eigenvalue weighted by molar-refractivity contribution is -0.158. The summed E-state index contributed by atoms with van der Waals surface area (Å²) in [5.74, 6) is -0.969. The maximum absolute atomic E-state index is 13.5. The van der Waals surface area contributed by atoms with Gasteiger partial charge in [0.2, 0.25) is 5.43 Å². The molecule has 2 saturated carbocycles. The predicted molar refractivity (Wildman–Crippen MR) is 125 cm³/mol. The number of fused-ring (bicyclic) bond motifs is 2. The molecule has 3 unspecified atom stereocenters. The number of alkyl halides is 3. The molecule has 3 aromatic rings. The van der Waals surface area contributed by atoms with Crippen LogP contribution in [0.4, 0.5) is 19.0 Å². The van der Waals surface area contributed by atoms with Gasteiger partial charge in [0, 0.05) is 31.4 Å². The summed E-state index contributed by atoms with van der Waals surface area (Å²) in [5, 5.41) is 12.7. The van der Waals surface area contributed by atoms with Crippen LogP contribution < -0.4 is 15.6 Å². The number of aromatic nitrogens is 3. The van der Waals surface area contributed by atoms with Crippen molar-refractivity contribution in [1.29, 1.82) is 0 Å². The van der Waals surface area contributed by atoms with Crippen molar-refractivity contribution in [2.45, 2.75) is 37.1 Å². The summed E-state index contributed by atoms with van der Waals surface area (Å²) in [6, 6.07) is 4.23. The van der Waals surface area contributed by atoms with E-state index in [9.17, 15) is 27.9 Å². The van der Waals surface area contributed by atoms with Crippen LogP contribution >= 0.6 is 11.6 Å². The largest absolute Gasteiger partial charge is 0.408 e. The molecular weight excluding hydrogens is 499 g/mol. The zero-order chi connectivity index (χ0) is 25.4. The summed E-state index contributed by atoms with van der Waals surface area (Å²) in [6.07, 6.45) is -0.576. The fourth-order valence-corrected chi connectivity index (χ4v) is 5.21. The highest BCUT2D eigenvalue weighted by Gasteiger charge is 2.59. The number of hydrogen-bond acceptors (Lipinski definition) is 6. The molecule has 3 atom stereocenters. The van der Waals surface area contributed by atoms with Gasteiger partial charge in [-0.1, -0.05) is 11.6 Å². The number of carbonyl (C=O) groups excluding carboxylic acids is 1. The molecule has 6 rings (SSSR count). The van der Waals surface area contributed by atoms with Crippen LogP contribution in [0.2, 0.25) is 5.02 Å². The van der Waals surface area contributed by atoms with Crippen molar-refractivity contribution < 1.29 is 23.1 Å². The number of anilines is 1. The summed E-state index contributed by atoms with van der Waals surface area (Å²) in [4.78, 5) is 37.1. The van der Waals surface area contributed by atoms with Gasteiger partial charge in [0.25, 0.3) is 5.91 Å². The van der Waals surface area contributed by atoms with E-state index in [-0.39, 0.29) is 27.8 Å². The van der Waals surface area contributed by atoms with Gasteiger partial charge < -0.3 is 15.3 Å². The Morgan fingerprint density at radius 2 is 2.06 bits per heavy atom. The molecule has 1 aliphatic heterocycles. The van der Waals surface area contributed by atoms with Crippen molar-refractivity contribution in [1.82, 2.24) is 19.9 Å². The van der Waals surface area contributed by atoms with Gasteiger partial charge in [-0.15, -0.1) is 0 Å². The average Bonchev–Trinajstić information content (AvgIpc) is 3.74. The third-order valence-electron chi connectivity index (χ3n) is 7.21. The molecule has 8 nitrogen and oxygen atoms in total. The van der Waals surface area contributed by atoms with Crippen molar-refractivity contribution in [2.24, 2.45) is 11.8 Å². The highest BCUT2D eigenvalue weighted by molar-refractivity contribution is 6.32. The minimum atomic E-state index is -4.63. The van der Waals surface area contributed by atoms with Crippen LogP contribution in [0.3, 0.4) is 0 Å². The van der Waals surface area contributed by atoms with Gasteiger partial charge >= 0.3 is 6.18 Å². The van der Waals surface area contributed by atoms with Crippen LogP contribution in [0, 0.1) is 11.8 Å². The van der Waals surface area contributed by atoms with E-state index >= 15 is 0 Å². The Hall–Kier alpha value is -3.18. The number of aliphatic hydroxyl groups is 1. The zero-order valence-electron chi connectivity index (χ0n) is 18.8. The second-order valence-corrected chi connectivity index (χ2v) is 10.2. The van der Waals surface area contributed by atoms with E-state index in [1.165, 1.54) is 16.8 Å². The lowest BCUT2D eigenvalue weighted by Gasteiger charge is -2.22. The number of piperidine rings is 1. The Balaban J connectivity index is 1.46. The number of β-amino-alcohol motifs (C(OH)–C–C–N with tert-alkyl or cyclic N) is 1. The maximum atomic E-state index is 13.5. The molecule has 188 valence electrons. The first kappa shape index (κ1) is 23.2. The van der Waals surface area contributed by atoms with E-state index in [1.807, 2.05) is 10.2 Å². The topological polar surface area (TPSA) is 100 Å². The third kappa shape index (κ3) is 3.90. The summed E-state index contributed by atoms with van der Waals surface area (Å²) < 4.78 is 41.9. The van der Waals surface area contributed by atoms with Crippen LogP contribution in [-0.2, 0) is 0 Å². The molecule has 12 heteroatoms. The monoisotopic (exact) mass is 519 g/mol. The van der Waals surface area contributed by atoms with Gasteiger partial charge in [-0.3, -0.25) is 14.2 Å². The molecule has 0 aromatic carbocycles. The van der Waals surface area contributed by atoms with Crippen molar-refractivity contribution in [3.05, 3.63) is 57.5 Å². The number of hydrogen-bond donors (Lipinski definition) is 2. The Labute approximate surface area is 207 Å². The number of nitrogens with zero attached hydrogens (tertiary/aromatic N) is 4. The first-order valence-corrected chi connectivity index (χ1v) is 12.0. The van der Waals surface area contributed by atoms with Gasteiger partial charge in [-0.25, -0.2) is 9.97 Å². The molecule has 2 N–H and O–H groups in total. The molecule has 0 radical (unpaired) electrons. The number of nitrogens with one attached hydrogen (secondary N) is 1. The van der Waals surface area contributed by atoms with Gasteiger partial charge in [-0.05, 0) is 49.4 Å². The van der Waals surface area contributed by atoms with Crippen LogP contribution in [0.5, 0.6) is 0 Å². The third-order valence-corrected chi connectivity index (χ3v) is 7.50. The average molecular weight is 520 g/mol. The molecule has 3 aromatic heterocycles. The van der Waals surface area contributed by atoms with Gasteiger partial charge in [-0.2, -0.15) is 13.2 Å². The van der Waals surface area contributed by atoms with E-state index in [0.717, 1.165) is 12.6 Å². The number of amides is 1. The fraction of sp³-hybridized carbons (Fsp3) is 0.417. The molecule has 3 aliphatic rings. The molecule has 0 bridgehead atoms. The maximum Gasteiger partial charge on any atom is 0.408 e. The Morgan fingerprint density at radius 3 is 2.69 bits per heavy atom. The van der Waals surface area contributed by atoms with E-state index in [0.29, 0.717) is 31.7 Å². The highest BCUT2D eigenvalue weighted by atomic mass is 35.5. The molecule has 0 spiro atoms. The van der Waals surface area contributed by atoms with Gasteiger partial charge in [0.05, 0.1) is 16.0 Å².